The van der Waals surface area contributed by atoms with Crippen LogP contribution >= 0.6 is 23.2 Å². The van der Waals surface area contributed by atoms with E-state index in [4.69, 9.17) is 27.9 Å². The van der Waals surface area contributed by atoms with Gasteiger partial charge in [0.15, 0.2) is 0 Å². The van der Waals surface area contributed by atoms with Crippen LogP contribution in [-0.4, -0.2) is 39.4 Å². The number of carbonyl (C=O) groups excluding carboxylic acids is 1. The number of fused-ring (bicyclic) bond motifs is 1. The van der Waals surface area contributed by atoms with Crippen LogP contribution in [0.3, 0.4) is 0 Å². The van der Waals surface area contributed by atoms with Crippen molar-refractivity contribution in [3.63, 3.8) is 0 Å². The summed E-state index contributed by atoms with van der Waals surface area (Å²) in [6.07, 6.45) is 0.712. The molecule has 34 heavy (non-hydrogen) atoms. The Morgan fingerprint density at radius 3 is 2.38 bits per heavy atom. The van der Waals surface area contributed by atoms with Crippen LogP contribution in [0.4, 0.5) is 5.69 Å². The first-order valence-corrected chi connectivity index (χ1v) is 12.9. The van der Waals surface area contributed by atoms with Crippen molar-refractivity contribution >= 4 is 44.8 Å². The zero-order chi connectivity index (χ0) is 24.5. The topological polar surface area (TPSA) is 66.9 Å². The van der Waals surface area contributed by atoms with Crippen molar-refractivity contribution < 1.29 is 17.9 Å². The molecular formula is C25H24Cl2N2O4S. The van der Waals surface area contributed by atoms with E-state index in [1.165, 1.54) is 36.9 Å². The highest BCUT2D eigenvalue weighted by molar-refractivity contribution is 7.93. The molecule has 0 aromatic heterocycles. The van der Waals surface area contributed by atoms with Crippen LogP contribution in [0.1, 0.15) is 16.7 Å². The summed E-state index contributed by atoms with van der Waals surface area (Å²) in [6, 6.07) is 17.3. The van der Waals surface area contributed by atoms with Crippen molar-refractivity contribution in [3.05, 3.63) is 87.4 Å². The van der Waals surface area contributed by atoms with Gasteiger partial charge in [-0.1, -0.05) is 53.5 Å². The number of hydrogen-bond acceptors (Lipinski definition) is 4. The molecule has 0 spiro atoms. The highest BCUT2D eigenvalue weighted by Crippen LogP contribution is 2.34. The number of benzene rings is 3. The van der Waals surface area contributed by atoms with Crippen molar-refractivity contribution in [2.45, 2.75) is 24.8 Å². The molecule has 0 bridgehead atoms. The molecule has 178 valence electrons. The summed E-state index contributed by atoms with van der Waals surface area (Å²) in [5.74, 6) is -0.135. The maximum absolute atomic E-state index is 13.9. The smallest absolute Gasteiger partial charge is 0.268 e. The Morgan fingerprint density at radius 2 is 1.71 bits per heavy atom. The summed E-state index contributed by atoms with van der Waals surface area (Å²) in [4.78, 5) is 15.0. The number of hydrogen-bond donors (Lipinski definition) is 0. The Labute approximate surface area is 209 Å². The fraction of sp³-hybridized carbons (Fsp3) is 0.240. The van der Waals surface area contributed by atoms with Crippen LogP contribution in [0.5, 0.6) is 5.75 Å². The maximum Gasteiger partial charge on any atom is 0.268 e. The van der Waals surface area contributed by atoms with Gasteiger partial charge in [-0.2, -0.15) is 0 Å². The van der Waals surface area contributed by atoms with Crippen LogP contribution in [0.25, 0.3) is 0 Å². The predicted octanol–water partition coefficient (Wildman–Crippen LogP) is 5.09. The summed E-state index contributed by atoms with van der Waals surface area (Å²) < 4.78 is 34.2. The number of rotatable bonds is 6. The molecule has 0 saturated heterocycles. The van der Waals surface area contributed by atoms with Gasteiger partial charge in [0.1, 0.15) is 17.2 Å². The first-order chi connectivity index (χ1) is 16.2. The molecule has 1 aliphatic rings. The van der Waals surface area contributed by atoms with Gasteiger partial charge in [0.05, 0.1) is 12.8 Å². The van der Waals surface area contributed by atoms with Crippen molar-refractivity contribution in [1.82, 2.24) is 4.90 Å². The van der Waals surface area contributed by atoms with E-state index in [9.17, 15) is 13.2 Å². The number of carbonyl (C=O) groups is 1. The third-order valence-electron chi connectivity index (χ3n) is 5.78. The highest BCUT2D eigenvalue weighted by atomic mass is 35.5. The summed E-state index contributed by atoms with van der Waals surface area (Å²) in [5.41, 5.74) is 3.19. The van der Waals surface area contributed by atoms with Gasteiger partial charge in [-0.3, -0.25) is 9.10 Å². The van der Waals surface area contributed by atoms with Gasteiger partial charge < -0.3 is 9.64 Å². The molecule has 0 fully saturated rings. The molecule has 9 heteroatoms. The Morgan fingerprint density at radius 1 is 1.03 bits per heavy atom. The van der Waals surface area contributed by atoms with Gasteiger partial charge in [-0.25, -0.2) is 8.42 Å². The fourth-order valence-electron chi connectivity index (χ4n) is 4.03. The Bertz CT molecular complexity index is 1320. The molecule has 0 N–H and O–H groups in total. The van der Waals surface area contributed by atoms with E-state index in [1.807, 2.05) is 24.3 Å². The molecule has 1 amide bonds. The second kappa shape index (κ2) is 9.86. The number of halogens is 2. The van der Waals surface area contributed by atoms with Crippen molar-refractivity contribution in [3.8, 4) is 5.75 Å². The average molecular weight is 519 g/mol. The van der Waals surface area contributed by atoms with Crippen molar-refractivity contribution in [2.75, 3.05) is 24.5 Å². The average Bonchev–Trinajstić information content (AvgIpc) is 2.81. The van der Waals surface area contributed by atoms with Crippen LogP contribution in [0.2, 0.25) is 10.0 Å². The lowest BCUT2D eigenvalue weighted by Gasteiger charge is -2.32. The van der Waals surface area contributed by atoms with E-state index in [0.29, 0.717) is 19.5 Å². The summed E-state index contributed by atoms with van der Waals surface area (Å²) >= 11 is 12.4. The van der Waals surface area contributed by atoms with Gasteiger partial charge >= 0.3 is 0 Å². The highest BCUT2D eigenvalue weighted by Gasteiger charge is 2.32. The minimum atomic E-state index is -4.20. The normalized spacial score (nSPS) is 13.4. The van der Waals surface area contributed by atoms with E-state index >= 15 is 0 Å². The summed E-state index contributed by atoms with van der Waals surface area (Å²) in [6.45, 7) is 2.31. The Hall–Kier alpha value is -2.74. The molecule has 3 aromatic carbocycles. The molecule has 1 heterocycles. The summed E-state index contributed by atoms with van der Waals surface area (Å²) in [7, 11) is -2.80. The zero-order valence-electron chi connectivity index (χ0n) is 18.8. The van der Waals surface area contributed by atoms with E-state index in [2.05, 4.69) is 0 Å². The van der Waals surface area contributed by atoms with Gasteiger partial charge in [0.25, 0.3) is 10.0 Å². The van der Waals surface area contributed by atoms with E-state index in [0.717, 1.165) is 15.4 Å². The van der Waals surface area contributed by atoms with Gasteiger partial charge in [0.2, 0.25) is 5.91 Å². The molecule has 6 nitrogen and oxygen atoms in total. The third kappa shape index (κ3) is 5.02. The van der Waals surface area contributed by atoms with Crippen LogP contribution < -0.4 is 9.04 Å². The minimum Gasteiger partial charge on any atom is -0.495 e. The number of anilines is 1. The van der Waals surface area contributed by atoms with Crippen molar-refractivity contribution in [2.24, 2.45) is 0 Å². The lowest BCUT2D eigenvalue weighted by molar-refractivity contribution is -0.130. The minimum absolute atomic E-state index is 0.0390. The van der Waals surface area contributed by atoms with Crippen LogP contribution in [0.15, 0.2) is 65.6 Å². The maximum atomic E-state index is 13.9. The molecular weight excluding hydrogens is 495 g/mol. The molecule has 0 radical (unpaired) electrons. The quantitative estimate of drug-likeness (QED) is 0.455. The molecule has 1 aliphatic heterocycles. The molecule has 4 rings (SSSR count). The lowest BCUT2D eigenvalue weighted by atomic mass is 10.00. The van der Waals surface area contributed by atoms with Crippen molar-refractivity contribution in [1.29, 1.82) is 0 Å². The van der Waals surface area contributed by atoms with Gasteiger partial charge in [-0.15, -0.1) is 0 Å². The van der Waals surface area contributed by atoms with E-state index < -0.39 is 16.6 Å². The number of aryl methyl sites for hydroxylation is 1. The van der Waals surface area contributed by atoms with E-state index in [1.54, 1.807) is 24.0 Å². The standard InChI is InChI=1S/C25H24Cl2N2O4S/c1-17-7-8-23(33-2)24(11-17)34(31,32)29(22-13-20(26)12-21(27)14-22)16-25(30)28-10-9-18-5-3-4-6-19(18)15-28/h3-8,11-14H,9-10,15-16H2,1-2H3. The van der Waals surface area contributed by atoms with Crippen LogP contribution in [0, 0.1) is 6.92 Å². The predicted molar refractivity (Wildman–Crippen MR) is 134 cm³/mol. The largest absolute Gasteiger partial charge is 0.495 e. The molecule has 0 unspecified atom stereocenters. The zero-order valence-corrected chi connectivity index (χ0v) is 21.1. The first-order valence-electron chi connectivity index (χ1n) is 10.7. The lowest BCUT2D eigenvalue weighted by Crippen LogP contribution is -2.44. The number of nitrogens with zero attached hydrogens (tertiary/aromatic N) is 2. The SMILES string of the molecule is COc1ccc(C)cc1S(=O)(=O)N(CC(=O)N1CCc2ccccc2C1)c1cc(Cl)cc(Cl)c1. The number of sulfonamides is 1. The second-order valence-electron chi connectivity index (χ2n) is 8.13. The molecule has 0 atom stereocenters. The Kier molecular flexibility index (Phi) is 7.07. The fourth-order valence-corrected chi connectivity index (χ4v) is 6.19. The first kappa shape index (κ1) is 24.4. The second-order valence-corrected chi connectivity index (χ2v) is 10.8. The number of amides is 1. The van der Waals surface area contributed by atoms with Gasteiger partial charge in [0, 0.05) is 23.1 Å². The monoisotopic (exact) mass is 518 g/mol. The molecule has 3 aromatic rings. The summed E-state index contributed by atoms with van der Waals surface area (Å²) in [5, 5.41) is 0.525. The van der Waals surface area contributed by atoms with Crippen LogP contribution in [-0.2, 0) is 27.8 Å². The van der Waals surface area contributed by atoms with E-state index in [-0.39, 0.29) is 32.3 Å². The molecule has 0 saturated carbocycles. The number of ether oxygens (including phenoxy) is 1. The van der Waals surface area contributed by atoms with Gasteiger partial charge in [-0.05, 0) is 60.4 Å². The third-order valence-corrected chi connectivity index (χ3v) is 8.02. The molecule has 0 aliphatic carbocycles. The Balaban J connectivity index is 1.74. The number of methoxy groups -OCH3 is 1.